The summed E-state index contributed by atoms with van der Waals surface area (Å²) >= 11 is 0. The molecule has 0 saturated heterocycles. The van der Waals surface area contributed by atoms with E-state index in [0.29, 0.717) is 11.5 Å². The minimum absolute atomic E-state index is 0.120. The molecule has 0 aliphatic carbocycles. The van der Waals surface area contributed by atoms with E-state index < -0.39 is 12.2 Å². The highest BCUT2D eigenvalue weighted by Gasteiger charge is 2.18. The predicted molar refractivity (Wildman–Crippen MR) is 118 cm³/mol. The molecule has 0 fully saturated rings. The zero-order chi connectivity index (χ0) is 21.5. The lowest BCUT2D eigenvalue weighted by molar-refractivity contribution is 0.0327. The van der Waals surface area contributed by atoms with Crippen LogP contribution in [0.2, 0.25) is 0 Å². The lowest BCUT2D eigenvalue weighted by Crippen LogP contribution is -2.23. The van der Waals surface area contributed by atoms with Crippen LogP contribution in [0.25, 0.3) is 21.5 Å². The minimum atomic E-state index is -0.724. The minimum Gasteiger partial charge on any atom is -0.489 e. The van der Waals surface area contributed by atoms with Crippen molar-refractivity contribution in [2.24, 2.45) is 0 Å². The number of aliphatic hydroxyl groups is 2. The van der Waals surface area contributed by atoms with Crippen molar-refractivity contribution in [1.82, 2.24) is 0 Å². The van der Waals surface area contributed by atoms with Gasteiger partial charge in [-0.1, -0.05) is 43.3 Å². The summed E-state index contributed by atoms with van der Waals surface area (Å²) in [5.74, 6) is 1.40. The SMILES string of the molecule is CCc1ccc2c(OCC(O)COC)c3ccccc3c(OCC(O)COC)c2c1. The van der Waals surface area contributed by atoms with Crippen LogP contribution >= 0.6 is 0 Å². The fourth-order valence-corrected chi connectivity index (χ4v) is 3.52. The molecule has 3 rings (SSSR count). The van der Waals surface area contributed by atoms with Gasteiger partial charge in [0.25, 0.3) is 0 Å². The van der Waals surface area contributed by atoms with E-state index in [1.165, 1.54) is 5.56 Å². The molecular weight excluding hydrogens is 384 g/mol. The van der Waals surface area contributed by atoms with E-state index >= 15 is 0 Å². The Morgan fingerprint density at radius 2 is 1.20 bits per heavy atom. The van der Waals surface area contributed by atoms with Crippen molar-refractivity contribution in [3.05, 3.63) is 48.0 Å². The molecule has 0 bridgehead atoms. The maximum atomic E-state index is 10.1. The maximum absolute atomic E-state index is 10.1. The molecule has 3 aromatic carbocycles. The maximum Gasteiger partial charge on any atom is 0.135 e. The highest BCUT2D eigenvalue weighted by molar-refractivity contribution is 6.11. The Morgan fingerprint density at radius 3 is 1.70 bits per heavy atom. The topological polar surface area (TPSA) is 77.4 Å². The lowest BCUT2D eigenvalue weighted by Gasteiger charge is -2.20. The van der Waals surface area contributed by atoms with Gasteiger partial charge in [0.05, 0.1) is 13.2 Å². The van der Waals surface area contributed by atoms with E-state index in [-0.39, 0.29) is 26.4 Å². The number of hydrogen-bond acceptors (Lipinski definition) is 6. The van der Waals surface area contributed by atoms with Crippen molar-refractivity contribution >= 4 is 21.5 Å². The molecule has 6 nitrogen and oxygen atoms in total. The third-order valence-electron chi connectivity index (χ3n) is 4.96. The highest BCUT2D eigenvalue weighted by Crippen LogP contribution is 2.43. The average molecular weight is 414 g/mol. The summed E-state index contributed by atoms with van der Waals surface area (Å²) in [6, 6.07) is 14.0. The Bertz CT molecular complexity index is 971. The summed E-state index contributed by atoms with van der Waals surface area (Å²) in [5.41, 5.74) is 1.17. The largest absolute Gasteiger partial charge is 0.489 e. The first-order chi connectivity index (χ1) is 14.6. The van der Waals surface area contributed by atoms with E-state index in [0.717, 1.165) is 28.0 Å². The predicted octanol–water partition coefficient (Wildman–Crippen LogP) is 3.33. The number of ether oxygens (including phenoxy) is 4. The van der Waals surface area contributed by atoms with Crippen molar-refractivity contribution in [2.75, 3.05) is 40.6 Å². The van der Waals surface area contributed by atoms with Gasteiger partial charge in [-0.05, 0) is 18.1 Å². The monoisotopic (exact) mass is 414 g/mol. The molecule has 162 valence electrons. The molecule has 0 saturated carbocycles. The average Bonchev–Trinajstić information content (AvgIpc) is 2.76. The van der Waals surface area contributed by atoms with Crippen molar-refractivity contribution in [3.63, 3.8) is 0 Å². The van der Waals surface area contributed by atoms with Crippen LogP contribution in [0, 0.1) is 0 Å². The van der Waals surface area contributed by atoms with Crippen LogP contribution in [0.5, 0.6) is 11.5 Å². The van der Waals surface area contributed by atoms with Crippen LogP contribution < -0.4 is 9.47 Å². The molecule has 0 aliphatic rings. The van der Waals surface area contributed by atoms with Crippen LogP contribution in [0.4, 0.5) is 0 Å². The number of aryl methyl sites for hydroxylation is 1. The van der Waals surface area contributed by atoms with Gasteiger partial charge in [-0.25, -0.2) is 0 Å². The van der Waals surface area contributed by atoms with Crippen LogP contribution in [-0.2, 0) is 15.9 Å². The number of hydrogen-bond donors (Lipinski definition) is 2. The molecule has 2 unspecified atom stereocenters. The first-order valence-electron chi connectivity index (χ1n) is 10.2. The third kappa shape index (κ3) is 5.02. The molecule has 0 amide bonds. The number of aliphatic hydroxyl groups excluding tert-OH is 2. The molecule has 30 heavy (non-hydrogen) atoms. The summed E-state index contributed by atoms with van der Waals surface area (Å²) in [7, 11) is 3.09. The third-order valence-corrected chi connectivity index (χ3v) is 4.96. The number of methoxy groups -OCH3 is 2. The van der Waals surface area contributed by atoms with Crippen LogP contribution in [-0.4, -0.2) is 63.1 Å². The molecule has 2 atom stereocenters. The normalized spacial score (nSPS) is 13.5. The summed E-state index contributed by atoms with van der Waals surface area (Å²) in [4.78, 5) is 0. The van der Waals surface area contributed by atoms with E-state index in [1.54, 1.807) is 14.2 Å². The lowest BCUT2D eigenvalue weighted by atomic mass is 9.98. The standard InChI is InChI=1S/C24H30O6/c1-4-16-9-10-21-22(11-16)24(30-15-18(26)13-28-3)20-8-6-5-7-19(20)23(21)29-14-17(25)12-27-2/h5-11,17-18,25-26H,4,12-15H2,1-3H3. The number of fused-ring (bicyclic) bond motifs is 2. The van der Waals surface area contributed by atoms with Gasteiger partial charge in [0, 0.05) is 35.8 Å². The van der Waals surface area contributed by atoms with Crippen LogP contribution in [0.1, 0.15) is 12.5 Å². The van der Waals surface area contributed by atoms with Crippen molar-refractivity contribution in [1.29, 1.82) is 0 Å². The fourth-order valence-electron chi connectivity index (χ4n) is 3.52. The molecule has 0 radical (unpaired) electrons. The quantitative estimate of drug-likeness (QED) is 0.469. The van der Waals surface area contributed by atoms with Crippen LogP contribution in [0.15, 0.2) is 42.5 Å². The second-order valence-corrected chi connectivity index (χ2v) is 7.28. The van der Waals surface area contributed by atoms with Gasteiger partial charge in [-0.2, -0.15) is 0 Å². The Hall–Kier alpha value is -2.38. The van der Waals surface area contributed by atoms with Gasteiger partial charge in [-0.15, -0.1) is 0 Å². The highest BCUT2D eigenvalue weighted by atomic mass is 16.5. The summed E-state index contributed by atoms with van der Waals surface area (Å²) < 4.78 is 22.2. The van der Waals surface area contributed by atoms with Gasteiger partial charge >= 0.3 is 0 Å². The molecule has 0 spiro atoms. The molecule has 2 N–H and O–H groups in total. The molecular formula is C24H30O6. The van der Waals surface area contributed by atoms with E-state index in [1.807, 2.05) is 30.3 Å². The second kappa shape index (κ2) is 10.6. The van der Waals surface area contributed by atoms with Crippen LogP contribution in [0.3, 0.4) is 0 Å². The summed E-state index contributed by atoms with van der Waals surface area (Å²) in [6.45, 7) is 2.75. The van der Waals surface area contributed by atoms with E-state index in [2.05, 4.69) is 19.1 Å². The zero-order valence-corrected chi connectivity index (χ0v) is 17.8. The summed E-state index contributed by atoms with van der Waals surface area (Å²) in [5, 5.41) is 23.7. The van der Waals surface area contributed by atoms with Gasteiger partial charge in [0.2, 0.25) is 0 Å². The zero-order valence-electron chi connectivity index (χ0n) is 17.8. The van der Waals surface area contributed by atoms with Gasteiger partial charge in [-0.3, -0.25) is 0 Å². The Balaban J connectivity index is 2.12. The van der Waals surface area contributed by atoms with Gasteiger partial charge in [0.15, 0.2) is 0 Å². The van der Waals surface area contributed by atoms with Crippen molar-refractivity contribution < 1.29 is 29.2 Å². The Morgan fingerprint density at radius 1 is 0.700 bits per heavy atom. The summed E-state index contributed by atoms with van der Waals surface area (Å²) in [6.07, 6.45) is -0.561. The Labute approximate surface area is 176 Å². The van der Waals surface area contributed by atoms with Gasteiger partial charge < -0.3 is 29.2 Å². The molecule has 3 aromatic rings. The Kier molecular flexibility index (Phi) is 7.87. The molecule has 6 heteroatoms. The first-order valence-corrected chi connectivity index (χ1v) is 10.2. The van der Waals surface area contributed by atoms with E-state index in [9.17, 15) is 10.2 Å². The molecule has 0 heterocycles. The second-order valence-electron chi connectivity index (χ2n) is 7.28. The number of rotatable bonds is 11. The fraction of sp³-hybridized carbons (Fsp3) is 0.417. The van der Waals surface area contributed by atoms with Crippen molar-refractivity contribution in [2.45, 2.75) is 25.6 Å². The van der Waals surface area contributed by atoms with Gasteiger partial charge in [0.1, 0.15) is 36.9 Å². The molecule has 0 aliphatic heterocycles. The van der Waals surface area contributed by atoms with E-state index in [4.69, 9.17) is 18.9 Å². The molecule has 0 aromatic heterocycles. The van der Waals surface area contributed by atoms with Crippen molar-refractivity contribution in [3.8, 4) is 11.5 Å². The number of benzene rings is 3. The smallest absolute Gasteiger partial charge is 0.135 e. The first kappa shape index (κ1) is 22.3.